The molecule has 2 aromatic carbocycles. The molecule has 0 spiro atoms. The number of aromatic nitrogens is 3. The Hall–Kier alpha value is -4.06. The van der Waals surface area contributed by atoms with E-state index in [9.17, 15) is 23.2 Å². The van der Waals surface area contributed by atoms with Gasteiger partial charge in [0.2, 0.25) is 0 Å². The van der Waals surface area contributed by atoms with Crippen molar-refractivity contribution in [3.05, 3.63) is 99.1 Å². The zero-order chi connectivity index (χ0) is 23.2. The van der Waals surface area contributed by atoms with Gasteiger partial charge < -0.3 is 5.32 Å². The summed E-state index contributed by atoms with van der Waals surface area (Å²) in [5.41, 5.74) is 1.16. The Morgan fingerprint density at radius 2 is 1.82 bits per heavy atom. The lowest BCUT2D eigenvalue weighted by atomic mass is 9.89. The number of fused-ring (bicyclic) bond motifs is 1. The fourth-order valence-corrected chi connectivity index (χ4v) is 4.16. The van der Waals surface area contributed by atoms with E-state index in [4.69, 9.17) is 0 Å². The number of anilines is 1. The van der Waals surface area contributed by atoms with Crippen LogP contribution in [0, 0.1) is 11.3 Å². The molecule has 0 atom stereocenters. The standard InChI is InChI=1S/C24H18F3N5O/c25-24(26,27)17-8-6-16(7-9-17)23(10-11-23)20-19(12-28)21-30-14-15(22(33)32(21)31-20)13-29-18-4-2-1-3-5-18/h1-9,14,29,31H,10-11,13H2. The predicted octanol–water partition coefficient (Wildman–Crippen LogP) is 4.61. The Morgan fingerprint density at radius 3 is 2.42 bits per heavy atom. The second-order valence-corrected chi connectivity index (χ2v) is 8.10. The van der Waals surface area contributed by atoms with E-state index in [0.717, 1.165) is 17.8 Å². The number of hydrogen-bond donors (Lipinski definition) is 2. The lowest BCUT2D eigenvalue weighted by Crippen LogP contribution is -2.22. The summed E-state index contributed by atoms with van der Waals surface area (Å²) in [6, 6.07) is 16.5. The van der Waals surface area contributed by atoms with Crippen LogP contribution in [-0.2, 0) is 18.1 Å². The second-order valence-electron chi connectivity index (χ2n) is 8.10. The molecule has 0 aliphatic heterocycles. The van der Waals surface area contributed by atoms with Crippen LogP contribution in [0.15, 0.2) is 65.6 Å². The first kappa shape index (κ1) is 20.8. The first-order chi connectivity index (χ1) is 15.8. The molecule has 1 fully saturated rings. The van der Waals surface area contributed by atoms with Crippen molar-refractivity contribution < 1.29 is 13.2 Å². The lowest BCUT2D eigenvalue weighted by Gasteiger charge is -2.16. The van der Waals surface area contributed by atoms with E-state index in [-0.39, 0.29) is 23.3 Å². The molecule has 0 amide bonds. The fraction of sp³-hybridized carbons (Fsp3) is 0.208. The summed E-state index contributed by atoms with van der Waals surface area (Å²) < 4.78 is 40.1. The van der Waals surface area contributed by atoms with E-state index in [1.54, 1.807) is 0 Å². The number of nitrogens with one attached hydrogen (secondary N) is 2. The van der Waals surface area contributed by atoms with Gasteiger partial charge in [0.05, 0.1) is 16.8 Å². The highest BCUT2D eigenvalue weighted by atomic mass is 19.4. The van der Waals surface area contributed by atoms with E-state index in [1.807, 2.05) is 30.3 Å². The van der Waals surface area contributed by atoms with Crippen molar-refractivity contribution >= 4 is 11.3 Å². The molecule has 1 saturated carbocycles. The third kappa shape index (κ3) is 3.53. The molecule has 0 saturated heterocycles. The summed E-state index contributed by atoms with van der Waals surface area (Å²) in [7, 11) is 0. The zero-order valence-corrected chi connectivity index (χ0v) is 17.3. The second kappa shape index (κ2) is 7.52. The Bertz CT molecular complexity index is 1430. The monoisotopic (exact) mass is 449 g/mol. The van der Waals surface area contributed by atoms with Crippen LogP contribution in [0.3, 0.4) is 0 Å². The smallest absolute Gasteiger partial charge is 0.381 e. The van der Waals surface area contributed by atoms with Gasteiger partial charge in [-0.3, -0.25) is 9.89 Å². The molecule has 6 nitrogen and oxygen atoms in total. The SMILES string of the molecule is N#Cc1c(C2(c3ccc(C(F)(F)F)cc3)CC2)[nH]n2c(=O)c(CNc3ccccc3)cnc12. The minimum absolute atomic E-state index is 0.208. The molecular weight excluding hydrogens is 431 g/mol. The maximum absolute atomic E-state index is 13.1. The number of halogens is 3. The largest absolute Gasteiger partial charge is 0.416 e. The van der Waals surface area contributed by atoms with Crippen molar-refractivity contribution in [1.29, 1.82) is 5.26 Å². The maximum atomic E-state index is 13.1. The Labute approximate surface area is 186 Å². The highest BCUT2D eigenvalue weighted by molar-refractivity contribution is 5.62. The number of rotatable bonds is 5. The molecular formula is C24H18F3N5O. The van der Waals surface area contributed by atoms with Crippen molar-refractivity contribution in [1.82, 2.24) is 14.6 Å². The van der Waals surface area contributed by atoms with Gasteiger partial charge in [0.1, 0.15) is 11.6 Å². The highest BCUT2D eigenvalue weighted by Crippen LogP contribution is 2.54. The van der Waals surface area contributed by atoms with Crippen LogP contribution >= 0.6 is 0 Å². The summed E-state index contributed by atoms with van der Waals surface area (Å²) in [5, 5.41) is 16.0. The van der Waals surface area contributed by atoms with Crippen LogP contribution in [0.1, 0.15) is 40.8 Å². The predicted molar refractivity (Wildman–Crippen MR) is 116 cm³/mol. The molecule has 9 heteroatoms. The minimum Gasteiger partial charge on any atom is -0.381 e. The van der Waals surface area contributed by atoms with Crippen LogP contribution in [-0.4, -0.2) is 14.6 Å². The molecule has 2 heterocycles. The van der Waals surface area contributed by atoms with E-state index in [1.165, 1.54) is 22.8 Å². The molecule has 0 unspecified atom stereocenters. The first-order valence-electron chi connectivity index (χ1n) is 10.3. The molecule has 4 aromatic rings. The van der Waals surface area contributed by atoms with Gasteiger partial charge >= 0.3 is 6.18 Å². The molecule has 5 rings (SSSR count). The van der Waals surface area contributed by atoms with E-state index < -0.39 is 17.2 Å². The summed E-state index contributed by atoms with van der Waals surface area (Å²) in [4.78, 5) is 17.4. The van der Waals surface area contributed by atoms with Crippen LogP contribution in [0.25, 0.3) is 5.65 Å². The highest BCUT2D eigenvalue weighted by Gasteiger charge is 2.49. The number of H-pyrrole nitrogens is 1. The molecule has 0 radical (unpaired) electrons. The number of nitriles is 1. The topological polar surface area (TPSA) is 86.0 Å². The third-order valence-corrected chi connectivity index (χ3v) is 6.09. The molecule has 1 aliphatic rings. The lowest BCUT2D eigenvalue weighted by molar-refractivity contribution is -0.137. The molecule has 2 aromatic heterocycles. The minimum atomic E-state index is -4.42. The average Bonchev–Trinajstić information content (AvgIpc) is 3.53. The molecule has 33 heavy (non-hydrogen) atoms. The average molecular weight is 449 g/mol. The number of nitrogens with zero attached hydrogens (tertiary/aromatic N) is 3. The van der Waals surface area contributed by atoms with Crippen molar-refractivity contribution in [3.8, 4) is 6.07 Å². The summed E-state index contributed by atoms with van der Waals surface area (Å²) in [6.45, 7) is 0.249. The normalized spacial score (nSPS) is 14.7. The van der Waals surface area contributed by atoms with Gasteiger partial charge in [-0.05, 0) is 42.7 Å². The van der Waals surface area contributed by atoms with E-state index in [2.05, 4.69) is 21.5 Å². The van der Waals surface area contributed by atoms with Crippen molar-refractivity contribution in [2.75, 3.05) is 5.32 Å². The summed E-state index contributed by atoms with van der Waals surface area (Å²) >= 11 is 0. The Morgan fingerprint density at radius 1 is 1.12 bits per heavy atom. The van der Waals surface area contributed by atoms with Gasteiger partial charge in [0, 0.05) is 23.8 Å². The van der Waals surface area contributed by atoms with Crippen molar-refractivity contribution in [2.45, 2.75) is 31.0 Å². The molecule has 0 bridgehead atoms. The number of alkyl halides is 3. The van der Waals surface area contributed by atoms with Crippen molar-refractivity contribution in [2.24, 2.45) is 0 Å². The van der Waals surface area contributed by atoms with E-state index in [0.29, 0.717) is 29.7 Å². The molecule has 166 valence electrons. The quantitative estimate of drug-likeness (QED) is 0.466. The number of hydrogen-bond acceptors (Lipinski definition) is 4. The van der Waals surface area contributed by atoms with Gasteiger partial charge in [0.15, 0.2) is 5.65 Å². The van der Waals surface area contributed by atoms with Crippen LogP contribution in [0.2, 0.25) is 0 Å². The number of aromatic amines is 1. The zero-order valence-electron chi connectivity index (χ0n) is 17.3. The van der Waals surface area contributed by atoms with Crippen molar-refractivity contribution in [3.63, 3.8) is 0 Å². The number of para-hydroxylation sites is 1. The maximum Gasteiger partial charge on any atom is 0.416 e. The van der Waals surface area contributed by atoms with Gasteiger partial charge in [-0.1, -0.05) is 30.3 Å². The Kier molecular flexibility index (Phi) is 4.74. The van der Waals surface area contributed by atoms with Gasteiger partial charge in [-0.25, -0.2) is 4.98 Å². The summed E-state index contributed by atoms with van der Waals surface area (Å²) in [5.74, 6) is 0. The molecule has 1 aliphatic carbocycles. The number of benzene rings is 2. The van der Waals surface area contributed by atoms with Gasteiger partial charge in [-0.2, -0.15) is 22.9 Å². The van der Waals surface area contributed by atoms with Crippen LogP contribution in [0.5, 0.6) is 0 Å². The van der Waals surface area contributed by atoms with Crippen LogP contribution < -0.4 is 10.9 Å². The van der Waals surface area contributed by atoms with Crippen LogP contribution in [0.4, 0.5) is 18.9 Å². The van der Waals surface area contributed by atoms with E-state index >= 15 is 0 Å². The summed E-state index contributed by atoms with van der Waals surface area (Å²) in [6.07, 6.45) is -1.67. The Balaban J connectivity index is 1.53. The fourth-order valence-electron chi connectivity index (χ4n) is 4.16. The molecule has 2 N–H and O–H groups in total. The van der Waals surface area contributed by atoms with Gasteiger partial charge in [-0.15, -0.1) is 0 Å². The van der Waals surface area contributed by atoms with Gasteiger partial charge in [0.25, 0.3) is 5.56 Å². The third-order valence-electron chi connectivity index (χ3n) is 6.09. The first-order valence-corrected chi connectivity index (χ1v) is 10.3.